The molecule has 0 saturated heterocycles. The molecule has 7 nitrogen and oxygen atoms in total. The molecule has 0 saturated carbocycles. The summed E-state index contributed by atoms with van der Waals surface area (Å²) >= 11 is 5.93. The molecule has 0 aliphatic carbocycles. The Morgan fingerprint density at radius 1 is 1.00 bits per heavy atom. The number of carbonyl (C=O) groups excluding carboxylic acids is 2. The van der Waals surface area contributed by atoms with E-state index in [1.54, 1.807) is 42.5 Å². The Hall–Kier alpha value is -3.36. The molecule has 0 heterocycles. The molecule has 1 atom stereocenters. The molecule has 0 aliphatic rings. The second-order valence-electron chi connectivity index (χ2n) is 8.18. The monoisotopic (exact) mass is 513 g/mol. The van der Waals surface area contributed by atoms with Crippen molar-refractivity contribution in [1.29, 1.82) is 0 Å². The molecule has 0 fully saturated rings. The van der Waals surface area contributed by atoms with Gasteiger partial charge in [-0.1, -0.05) is 42.8 Å². The highest BCUT2D eigenvalue weighted by Crippen LogP contribution is 2.26. The van der Waals surface area contributed by atoms with Crippen molar-refractivity contribution >= 4 is 44.8 Å². The molecule has 184 valence electrons. The maximum absolute atomic E-state index is 13.5. The average molecular weight is 514 g/mol. The molecule has 0 bridgehead atoms. The highest BCUT2D eigenvalue weighted by Gasteiger charge is 2.28. The van der Waals surface area contributed by atoms with Crippen LogP contribution in [0.25, 0.3) is 0 Å². The largest absolute Gasteiger partial charge is 0.350 e. The third kappa shape index (κ3) is 6.61. The number of sulfonamides is 1. The third-order valence-corrected chi connectivity index (χ3v) is 7.45. The van der Waals surface area contributed by atoms with Crippen molar-refractivity contribution in [2.75, 3.05) is 16.2 Å². The van der Waals surface area contributed by atoms with Crippen LogP contribution in [0.3, 0.4) is 0 Å². The van der Waals surface area contributed by atoms with Crippen LogP contribution in [0, 0.1) is 6.92 Å². The summed E-state index contributed by atoms with van der Waals surface area (Å²) in [6.45, 7) is 5.19. The molecule has 3 aromatic rings. The van der Waals surface area contributed by atoms with E-state index in [4.69, 9.17) is 11.6 Å². The van der Waals surface area contributed by atoms with Crippen LogP contribution in [0.2, 0.25) is 5.02 Å². The van der Waals surface area contributed by atoms with Crippen LogP contribution in [0.15, 0.2) is 77.7 Å². The fraction of sp³-hybridized carbons (Fsp3) is 0.231. The predicted molar refractivity (Wildman–Crippen MR) is 139 cm³/mol. The Bertz CT molecular complexity index is 1310. The molecule has 0 aromatic heterocycles. The standard InChI is InChI=1S/C26H28ClN3O4S/c1-4-19(3)28-26(32)23-10-5-6-11-24(23)29-25(31)17-30(21-9-7-8-18(2)16-21)35(33,34)22-14-12-20(27)13-15-22/h5-16,19H,4,17H2,1-3H3,(H,28,32)(H,29,31)/t19-/m0/s1. The number of nitrogens with zero attached hydrogens (tertiary/aromatic N) is 1. The van der Waals surface area contributed by atoms with Crippen LogP contribution in [-0.2, 0) is 14.8 Å². The number of hydrogen-bond donors (Lipinski definition) is 2. The van der Waals surface area contributed by atoms with Crippen molar-refractivity contribution in [3.05, 3.63) is 88.9 Å². The summed E-state index contributed by atoms with van der Waals surface area (Å²) < 4.78 is 28.1. The zero-order valence-electron chi connectivity index (χ0n) is 19.8. The minimum Gasteiger partial charge on any atom is -0.350 e. The Morgan fingerprint density at radius 3 is 2.34 bits per heavy atom. The van der Waals surface area contributed by atoms with Gasteiger partial charge in [0.05, 0.1) is 21.8 Å². The maximum atomic E-state index is 13.5. The molecule has 9 heteroatoms. The van der Waals surface area contributed by atoms with Gasteiger partial charge in [0.2, 0.25) is 5.91 Å². The number of amides is 2. The molecule has 2 N–H and O–H groups in total. The van der Waals surface area contributed by atoms with Gasteiger partial charge in [-0.25, -0.2) is 8.42 Å². The number of carbonyl (C=O) groups is 2. The first-order valence-electron chi connectivity index (χ1n) is 11.2. The second kappa shape index (κ2) is 11.4. The maximum Gasteiger partial charge on any atom is 0.264 e. The molecule has 0 spiro atoms. The van der Waals surface area contributed by atoms with Crippen LogP contribution in [-0.4, -0.2) is 32.8 Å². The van der Waals surface area contributed by atoms with Crippen molar-refractivity contribution in [3.8, 4) is 0 Å². The zero-order valence-corrected chi connectivity index (χ0v) is 21.4. The lowest BCUT2D eigenvalue weighted by atomic mass is 10.1. The number of aryl methyl sites for hydroxylation is 1. The number of halogens is 1. The lowest BCUT2D eigenvalue weighted by Gasteiger charge is -2.25. The third-order valence-electron chi connectivity index (χ3n) is 5.41. The number of rotatable bonds is 9. The first-order chi connectivity index (χ1) is 16.6. The Kier molecular flexibility index (Phi) is 8.53. The van der Waals surface area contributed by atoms with Crippen molar-refractivity contribution in [1.82, 2.24) is 5.32 Å². The number of benzene rings is 3. The Balaban J connectivity index is 1.91. The number of para-hydroxylation sites is 1. The van der Waals surface area contributed by atoms with Crippen LogP contribution in [0.5, 0.6) is 0 Å². The van der Waals surface area contributed by atoms with E-state index in [0.29, 0.717) is 22.0 Å². The van der Waals surface area contributed by atoms with Crippen molar-refractivity contribution in [2.24, 2.45) is 0 Å². The molecule has 3 aromatic carbocycles. The summed E-state index contributed by atoms with van der Waals surface area (Å²) in [5.41, 5.74) is 1.78. The van der Waals surface area contributed by atoms with Gasteiger partial charge in [0, 0.05) is 11.1 Å². The van der Waals surface area contributed by atoms with Crippen molar-refractivity contribution in [3.63, 3.8) is 0 Å². The summed E-state index contributed by atoms with van der Waals surface area (Å²) in [5, 5.41) is 5.98. The first-order valence-corrected chi connectivity index (χ1v) is 13.0. The van der Waals surface area contributed by atoms with Crippen LogP contribution in [0.4, 0.5) is 11.4 Å². The number of anilines is 2. The van der Waals surface area contributed by atoms with Gasteiger partial charge in [0.1, 0.15) is 6.54 Å². The van der Waals surface area contributed by atoms with E-state index >= 15 is 0 Å². The van der Waals surface area contributed by atoms with Gasteiger partial charge in [-0.15, -0.1) is 0 Å². The van der Waals surface area contributed by atoms with Crippen LogP contribution >= 0.6 is 11.6 Å². The fourth-order valence-electron chi connectivity index (χ4n) is 3.35. The Labute approximate surface area is 211 Å². The summed E-state index contributed by atoms with van der Waals surface area (Å²) in [6.07, 6.45) is 0.758. The number of hydrogen-bond acceptors (Lipinski definition) is 4. The zero-order chi connectivity index (χ0) is 25.6. The summed E-state index contributed by atoms with van der Waals surface area (Å²) in [4.78, 5) is 25.8. The minimum atomic E-state index is -4.09. The van der Waals surface area contributed by atoms with Gasteiger partial charge in [-0.2, -0.15) is 0 Å². The summed E-state index contributed by atoms with van der Waals surface area (Å²) in [6, 6.07) is 19.2. The van der Waals surface area contributed by atoms with Gasteiger partial charge in [0.25, 0.3) is 15.9 Å². The van der Waals surface area contributed by atoms with E-state index in [1.807, 2.05) is 26.8 Å². The van der Waals surface area contributed by atoms with Crippen molar-refractivity contribution in [2.45, 2.75) is 38.1 Å². The van der Waals surface area contributed by atoms with E-state index in [-0.39, 0.29) is 16.8 Å². The quantitative estimate of drug-likeness (QED) is 0.420. The van der Waals surface area contributed by atoms with Crippen LogP contribution in [0.1, 0.15) is 36.2 Å². The first kappa shape index (κ1) is 26.2. The molecular formula is C26H28ClN3O4S. The molecule has 2 amide bonds. The lowest BCUT2D eigenvalue weighted by molar-refractivity contribution is -0.114. The number of nitrogens with one attached hydrogen (secondary N) is 2. The van der Waals surface area contributed by atoms with E-state index in [0.717, 1.165) is 16.3 Å². The molecule has 0 unspecified atom stereocenters. The van der Waals surface area contributed by atoms with E-state index in [1.165, 1.54) is 24.3 Å². The minimum absolute atomic E-state index is 0.00420. The average Bonchev–Trinajstić information content (AvgIpc) is 2.83. The van der Waals surface area contributed by atoms with E-state index in [2.05, 4.69) is 10.6 Å². The predicted octanol–water partition coefficient (Wildman–Crippen LogP) is 5.01. The van der Waals surface area contributed by atoms with Gasteiger partial charge in [-0.3, -0.25) is 13.9 Å². The fourth-order valence-corrected chi connectivity index (χ4v) is 4.88. The van der Waals surface area contributed by atoms with Gasteiger partial charge < -0.3 is 10.6 Å². The SMILES string of the molecule is CC[C@H](C)NC(=O)c1ccccc1NC(=O)CN(c1cccc(C)c1)S(=O)(=O)c1ccc(Cl)cc1. The van der Waals surface area contributed by atoms with Gasteiger partial charge in [0.15, 0.2) is 0 Å². The molecule has 0 aliphatic heterocycles. The normalized spacial score (nSPS) is 12.0. The summed E-state index contributed by atoms with van der Waals surface area (Å²) in [5.74, 6) is -0.910. The molecule has 35 heavy (non-hydrogen) atoms. The molecule has 3 rings (SSSR count). The van der Waals surface area contributed by atoms with Crippen molar-refractivity contribution < 1.29 is 18.0 Å². The van der Waals surface area contributed by atoms with Gasteiger partial charge >= 0.3 is 0 Å². The lowest BCUT2D eigenvalue weighted by Crippen LogP contribution is -2.38. The highest BCUT2D eigenvalue weighted by molar-refractivity contribution is 7.92. The van der Waals surface area contributed by atoms with E-state index < -0.39 is 22.5 Å². The summed E-state index contributed by atoms with van der Waals surface area (Å²) in [7, 11) is -4.09. The topological polar surface area (TPSA) is 95.6 Å². The highest BCUT2D eigenvalue weighted by atomic mass is 35.5. The molecule has 0 radical (unpaired) electrons. The second-order valence-corrected chi connectivity index (χ2v) is 10.5. The van der Waals surface area contributed by atoms with E-state index in [9.17, 15) is 18.0 Å². The van der Waals surface area contributed by atoms with Gasteiger partial charge in [-0.05, 0) is 74.4 Å². The van der Waals surface area contributed by atoms with Crippen LogP contribution < -0.4 is 14.9 Å². The molecular weight excluding hydrogens is 486 g/mol. The smallest absolute Gasteiger partial charge is 0.264 e. The Morgan fingerprint density at radius 2 is 1.69 bits per heavy atom.